The molecule has 4 nitrogen and oxygen atoms in total. The van der Waals surface area contributed by atoms with E-state index in [1.165, 1.54) is 0 Å². The lowest BCUT2D eigenvalue weighted by molar-refractivity contribution is 0.179. The molecule has 0 aromatic heterocycles. The van der Waals surface area contributed by atoms with Crippen molar-refractivity contribution in [2.24, 2.45) is 0 Å². The molecule has 2 N–H and O–H groups in total. The fourth-order valence-corrected chi connectivity index (χ4v) is 1.93. The SMILES string of the molecule is OCCOc1cccc(-c2ccccc2)c1OCCO. The fourth-order valence-electron chi connectivity index (χ4n) is 1.93. The standard InChI is InChI=1S/C16H18O4/c17-9-11-19-15-8-4-7-14(16(15)20-12-10-18)13-5-2-1-3-6-13/h1-8,17-18H,9-12H2. The van der Waals surface area contributed by atoms with Gasteiger partial charge in [-0.05, 0) is 11.6 Å². The van der Waals surface area contributed by atoms with Crippen molar-refractivity contribution < 1.29 is 19.7 Å². The molecular formula is C16H18O4. The van der Waals surface area contributed by atoms with Crippen LogP contribution in [0.15, 0.2) is 48.5 Å². The van der Waals surface area contributed by atoms with Crippen molar-refractivity contribution in [3.8, 4) is 22.6 Å². The van der Waals surface area contributed by atoms with Gasteiger partial charge in [0.15, 0.2) is 11.5 Å². The summed E-state index contributed by atoms with van der Waals surface area (Å²) in [6.45, 7) is 0.268. The molecule has 0 aliphatic carbocycles. The third-order valence-electron chi connectivity index (χ3n) is 2.75. The molecule has 20 heavy (non-hydrogen) atoms. The highest BCUT2D eigenvalue weighted by Crippen LogP contribution is 2.38. The predicted molar refractivity (Wildman–Crippen MR) is 77.0 cm³/mol. The Morgan fingerprint density at radius 1 is 0.750 bits per heavy atom. The Morgan fingerprint density at radius 2 is 1.45 bits per heavy atom. The average Bonchev–Trinajstić information content (AvgIpc) is 2.52. The van der Waals surface area contributed by atoms with Crippen molar-refractivity contribution in [3.05, 3.63) is 48.5 Å². The quantitative estimate of drug-likeness (QED) is 0.811. The van der Waals surface area contributed by atoms with Crippen LogP contribution in [0.25, 0.3) is 11.1 Å². The number of hydrogen-bond donors (Lipinski definition) is 2. The largest absolute Gasteiger partial charge is 0.487 e. The molecule has 2 aromatic carbocycles. The molecule has 0 radical (unpaired) electrons. The summed E-state index contributed by atoms with van der Waals surface area (Å²) in [7, 11) is 0. The van der Waals surface area contributed by atoms with Gasteiger partial charge in [-0.2, -0.15) is 0 Å². The summed E-state index contributed by atoms with van der Waals surface area (Å²) >= 11 is 0. The summed E-state index contributed by atoms with van der Waals surface area (Å²) in [4.78, 5) is 0. The predicted octanol–water partition coefficient (Wildman–Crippen LogP) is 2.10. The molecule has 2 rings (SSSR count). The Kier molecular flexibility index (Phi) is 5.41. The first-order valence-electron chi connectivity index (χ1n) is 6.52. The molecule has 0 saturated carbocycles. The first-order chi connectivity index (χ1) is 9.86. The number of rotatable bonds is 7. The maximum atomic E-state index is 8.95. The molecule has 0 spiro atoms. The van der Waals surface area contributed by atoms with Gasteiger partial charge in [-0.15, -0.1) is 0 Å². The molecule has 0 unspecified atom stereocenters. The van der Waals surface area contributed by atoms with Crippen LogP contribution in [0.2, 0.25) is 0 Å². The lowest BCUT2D eigenvalue weighted by Gasteiger charge is -2.15. The number of ether oxygens (including phenoxy) is 2. The molecule has 0 fully saturated rings. The van der Waals surface area contributed by atoms with Gasteiger partial charge in [0.25, 0.3) is 0 Å². The Hall–Kier alpha value is -2.04. The van der Waals surface area contributed by atoms with Gasteiger partial charge in [0, 0.05) is 5.56 Å². The van der Waals surface area contributed by atoms with E-state index in [1.54, 1.807) is 6.07 Å². The van der Waals surface area contributed by atoms with E-state index in [4.69, 9.17) is 19.7 Å². The molecule has 4 heteroatoms. The van der Waals surface area contributed by atoms with Crippen LogP contribution in [-0.2, 0) is 0 Å². The molecule has 0 atom stereocenters. The minimum atomic E-state index is -0.0669. The summed E-state index contributed by atoms with van der Waals surface area (Å²) in [5.74, 6) is 1.15. The summed E-state index contributed by atoms with van der Waals surface area (Å²) in [5, 5.41) is 17.8. The normalized spacial score (nSPS) is 10.3. The lowest BCUT2D eigenvalue weighted by atomic mass is 10.0. The van der Waals surface area contributed by atoms with Crippen molar-refractivity contribution in [2.75, 3.05) is 26.4 Å². The van der Waals surface area contributed by atoms with Crippen LogP contribution in [0.3, 0.4) is 0 Å². The van der Waals surface area contributed by atoms with Gasteiger partial charge in [-0.25, -0.2) is 0 Å². The summed E-state index contributed by atoms with van der Waals surface area (Å²) in [5.41, 5.74) is 1.91. The molecule has 2 aromatic rings. The van der Waals surface area contributed by atoms with Crippen molar-refractivity contribution in [1.29, 1.82) is 0 Å². The number of hydrogen-bond acceptors (Lipinski definition) is 4. The van der Waals surface area contributed by atoms with Crippen LogP contribution in [0.5, 0.6) is 11.5 Å². The van der Waals surface area contributed by atoms with Gasteiger partial charge >= 0.3 is 0 Å². The first-order valence-corrected chi connectivity index (χ1v) is 6.52. The molecular weight excluding hydrogens is 256 g/mol. The second-order valence-corrected chi connectivity index (χ2v) is 4.14. The molecule has 0 aliphatic rings. The zero-order valence-electron chi connectivity index (χ0n) is 11.2. The van der Waals surface area contributed by atoms with E-state index < -0.39 is 0 Å². The van der Waals surface area contributed by atoms with E-state index in [1.807, 2.05) is 42.5 Å². The molecule has 106 valence electrons. The molecule has 0 aliphatic heterocycles. The Balaban J connectivity index is 2.39. The first kappa shape index (κ1) is 14.4. The monoisotopic (exact) mass is 274 g/mol. The maximum Gasteiger partial charge on any atom is 0.169 e. The van der Waals surface area contributed by atoms with Crippen molar-refractivity contribution in [3.63, 3.8) is 0 Å². The van der Waals surface area contributed by atoms with E-state index in [0.29, 0.717) is 11.5 Å². The van der Waals surface area contributed by atoms with E-state index >= 15 is 0 Å². The Labute approximate surface area is 118 Å². The van der Waals surface area contributed by atoms with Gasteiger partial charge in [0.05, 0.1) is 13.2 Å². The van der Waals surface area contributed by atoms with Crippen LogP contribution in [0.1, 0.15) is 0 Å². The van der Waals surface area contributed by atoms with E-state index in [-0.39, 0.29) is 26.4 Å². The summed E-state index contributed by atoms with van der Waals surface area (Å²) < 4.78 is 11.1. The highest BCUT2D eigenvalue weighted by atomic mass is 16.5. The highest BCUT2D eigenvalue weighted by molar-refractivity contribution is 5.73. The average molecular weight is 274 g/mol. The molecule has 0 saturated heterocycles. The summed E-state index contributed by atoms with van der Waals surface area (Å²) in [6, 6.07) is 15.4. The molecule has 0 amide bonds. The number of para-hydroxylation sites is 1. The Morgan fingerprint density at radius 3 is 2.15 bits per heavy atom. The molecule has 0 bridgehead atoms. The van der Waals surface area contributed by atoms with Crippen LogP contribution in [-0.4, -0.2) is 36.6 Å². The fraction of sp³-hybridized carbons (Fsp3) is 0.250. The smallest absolute Gasteiger partial charge is 0.169 e. The van der Waals surface area contributed by atoms with Gasteiger partial charge in [0.2, 0.25) is 0 Å². The zero-order chi connectivity index (χ0) is 14.2. The molecule has 0 heterocycles. The van der Waals surface area contributed by atoms with E-state index in [0.717, 1.165) is 11.1 Å². The van der Waals surface area contributed by atoms with Gasteiger partial charge in [0.1, 0.15) is 13.2 Å². The van der Waals surface area contributed by atoms with Crippen LogP contribution >= 0.6 is 0 Å². The van der Waals surface area contributed by atoms with Gasteiger partial charge < -0.3 is 19.7 Å². The van der Waals surface area contributed by atoms with Gasteiger partial charge in [-0.1, -0.05) is 42.5 Å². The highest BCUT2D eigenvalue weighted by Gasteiger charge is 2.12. The van der Waals surface area contributed by atoms with Gasteiger partial charge in [-0.3, -0.25) is 0 Å². The maximum absolute atomic E-state index is 8.95. The zero-order valence-corrected chi connectivity index (χ0v) is 11.2. The van der Waals surface area contributed by atoms with Crippen molar-refractivity contribution in [1.82, 2.24) is 0 Å². The van der Waals surface area contributed by atoms with Crippen LogP contribution < -0.4 is 9.47 Å². The summed E-state index contributed by atoms with van der Waals surface area (Å²) in [6.07, 6.45) is 0. The lowest BCUT2D eigenvalue weighted by Crippen LogP contribution is -2.07. The topological polar surface area (TPSA) is 58.9 Å². The number of aliphatic hydroxyl groups is 2. The second-order valence-electron chi connectivity index (χ2n) is 4.14. The van der Waals surface area contributed by atoms with Crippen LogP contribution in [0, 0.1) is 0 Å². The number of benzene rings is 2. The number of aliphatic hydroxyl groups excluding tert-OH is 2. The van der Waals surface area contributed by atoms with E-state index in [9.17, 15) is 0 Å². The van der Waals surface area contributed by atoms with E-state index in [2.05, 4.69) is 0 Å². The van der Waals surface area contributed by atoms with Crippen molar-refractivity contribution in [2.45, 2.75) is 0 Å². The second kappa shape index (κ2) is 7.53. The third kappa shape index (κ3) is 3.50. The van der Waals surface area contributed by atoms with Crippen LogP contribution in [0.4, 0.5) is 0 Å². The Bertz CT molecular complexity index is 525. The van der Waals surface area contributed by atoms with Crippen molar-refractivity contribution >= 4 is 0 Å². The minimum absolute atomic E-state index is 0.0605. The minimum Gasteiger partial charge on any atom is -0.487 e. The third-order valence-corrected chi connectivity index (χ3v) is 2.75.